The molecule has 0 unspecified atom stereocenters. The standard InChI is InChI=1S/C9H7BrF3NO2S/c10-7-3-6(1-2-8(7)11)17(15,16)14-4-9(12,13)5-14/h1-3H,4-5H2. The fraction of sp³-hybridized carbons (Fsp3) is 0.333. The van der Waals surface area contributed by atoms with Gasteiger partial charge in [-0.2, -0.15) is 4.31 Å². The molecule has 1 aromatic rings. The van der Waals surface area contributed by atoms with E-state index in [1.54, 1.807) is 0 Å². The lowest BCUT2D eigenvalue weighted by Gasteiger charge is -2.37. The van der Waals surface area contributed by atoms with Crippen LogP contribution in [0.1, 0.15) is 0 Å². The molecule has 0 spiro atoms. The number of rotatable bonds is 2. The van der Waals surface area contributed by atoms with Crippen molar-refractivity contribution in [3.8, 4) is 0 Å². The summed E-state index contributed by atoms with van der Waals surface area (Å²) in [6, 6.07) is 3.07. The van der Waals surface area contributed by atoms with E-state index < -0.39 is 34.9 Å². The molecule has 3 nitrogen and oxygen atoms in total. The summed E-state index contributed by atoms with van der Waals surface area (Å²) in [6.07, 6.45) is 0. The lowest BCUT2D eigenvalue weighted by atomic mass is 10.2. The number of alkyl halides is 2. The van der Waals surface area contributed by atoms with Crippen molar-refractivity contribution >= 4 is 26.0 Å². The van der Waals surface area contributed by atoms with Crippen LogP contribution in [0.15, 0.2) is 27.6 Å². The van der Waals surface area contributed by atoms with Gasteiger partial charge in [0, 0.05) is 0 Å². The zero-order valence-corrected chi connectivity index (χ0v) is 10.7. The summed E-state index contributed by atoms with van der Waals surface area (Å²) in [6.45, 7) is -1.66. The highest BCUT2D eigenvalue weighted by molar-refractivity contribution is 9.10. The first-order valence-electron chi connectivity index (χ1n) is 4.55. The second-order valence-corrected chi connectivity index (χ2v) is 6.50. The SMILES string of the molecule is O=S(=O)(c1ccc(F)c(Br)c1)N1CC(F)(F)C1. The normalized spacial score (nSPS) is 20.0. The maximum atomic E-state index is 12.9. The van der Waals surface area contributed by atoms with E-state index in [1.165, 1.54) is 0 Å². The number of halogens is 4. The van der Waals surface area contributed by atoms with Crippen molar-refractivity contribution in [1.82, 2.24) is 4.31 Å². The van der Waals surface area contributed by atoms with Crippen LogP contribution in [-0.2, 0) is 10.0 Å². The van der Waals surface area contributed by atoms with Gasteiger partial charge in [-0.05, 0) is 34.1 Å². The fourth-order valence-electron chi connectivity index (χ4n) is 1.43. The van der Waals surface area contributed by atoms with Crippen LogP contribution in [0.4, 0.5) is 13.2 Å². The van der Waals surface area contributed by atoms with E-state index in [0.717, 1.165) is 18.2 Å². The van der Waals surface area contributed by atoms with Crippen molar-refractivity contribution in [1.29, 1.82) is 0 Å². The lowest BCUT2D eigenvalue weighted by Crippen LogP contribution is -2.58. The molecule has 0 radical (unpaired) electrons. The van der Waals surface area contributed by atoms with Crippen LogP contribution in [0, 0.1) is 5.82 Å². The Balaban J connectivity index is 2.30. The highest BCUT2D eigenvalue weighted by Gasteiger charge is 2.49. The van der Waals surface area contributed by atoms with Gasteiger partial charge in [0.15, 0.2) is 0 Å². The molecule has 1 aliphatic rings. The Morgan fingerprint density at radius 1 is 1.29 bits per heavy atom. The maximum Gasteiger partial charge on any atom is 0.275 e. The maximum absolute atomic E-state index is 12.9. The summed E-state index contributed by atoms with van der Waals surface area (Å²) in [5.74, 6) is -3.58. The Morgan fingerprint density at radius 2 is 1.88 bits per heavy atom. The summed E-state index contributed by atoms with van der Waals surface area (Å²) in [5, 5.41) is 0. The quantitative estimate of drug-likeness (QED) is 0.834. The monoisotopic (exact) mass is 329 g/mol. The van der Waals surface area contributed by atoms with Gasteiger partial charge in [-0.3, -0.25) is 0 Å². The van der Waals surface area contributed by atoms with Gasteiger partial charge >= 0.3 is 0 Å². The third-order valence-electron chi connectivity index (χ3n) is 2.34. The molecule has 1 fully saturated rings. The summed E-state index contributed by atoms with van der Waals surface area (Å²) in [4.78, 5) is -0.207. The first kappa shape index (κ1) is 12.8. The average Bonchev–Trinajstić information content (AvgIpc) is 2.18. The molecule has 1 saturated heterocycles. The number of sulfonamides is 1. The summed E-state index contributed by atoms with van der Waals surface area (Å²) < 4.78 is 62.4. The summed E-state index contributed by atoms with van der Waals surface area (Å²) >= 11 is 2.84. The van der Waals surface area contributed by atoms with E-state index >= 15 is 0 Å². The molecule has 1 heterocycles. The van der Waals surface area contributed by atoms with Gasteiger partial charge in [0.2, 0.25) is 10.0 Å². The van der Waals surface area contributed by atoms with E-state index in [2.05, 4.69) is 15.9 Å². The Kier molecular flexibility index (Phi) is 2.99. The first-order valence-corrected chi connectivity index (χ1v) is 6.79. The van der Waals surface area contributed by atoms with Crippen LogP contribution < -0.4 is 0 Å². The largest absolute Gasteiger partial charge is 0.275 e. The zero-order chi connectivity index (χ0) is 12.8. The number of hydrogen-bond acceptors (Lipinski definition) is 2. The molecule has 94 valence electrons. The topological polar surface area (TPSA) is 37.4 Å². The third kappa shape index (κ3) is 2.34. The fourth-order valence-corrected chi connectivity index (χ4v) is 3.48. The second-order valence-electron chi connectivity index (χ2n) is 3.70. The molecule has 2 rings (SSSR count). The minimum absolute atomic E-state index is 0.0224. The Hall–Kier alpha value is -0.600. The van der Waals surface area contributed by atoms with E-state index in [4.69, 9.17) is 0 Å². The smallest absolute Gasteiger partial charge is 0.207 e. The van der Waals surface area contributed by atoms with Crippen LogP contribution in [0.2, 0.25) is 0 Å². The Morgan fingerprint density at radius 3 is 2.35 bits per heavy atom. The van der Waals surface area contributed by atoms with E-state index in [0.29, 0.717) is 4.31 Å². The zero-order valence-electron chi connectivity index (χ0n) is 8.33. The van der Waals surface area contributed by atoms with Crippen LogP contribution in [0.5, 0.6) is 0 Å². The second kappa shape index (κ2) is 3.96. The lowest BCUT2D eigenvalue weighted by molar-refractivity contribution is -0.0945. The van der Waals surface area contributed by atoms with Crippen LogP contribution in [0.3, 0.4) is 0 Å². The van der Waals surface area contributed by atoms with Gasteiger partial charge in [-0.15, -0.1) is 0 Å². The van der Waals surface area contributed by atoms with Crippen molar-refractivity contribution in [2.75, 3.05) is 13.1 Å². The predicted molar refractivity (Wildman–Crippen MR) is 57.8 cm³/mol. The summed E-state index contributed by atoms with van der Waals surface area (Å²) in [5.41, 5.74) is 0. The minimum Gasteiger partial charge on any atom is -0.207 e. The highest BCUT2D eigenvalue weighted by atomic mass is 79.9. The molecule has 0 saturated carbocycles. The van der Waals surface area contributed by atoms with Crippen LogP contribution >= 0.6 is 15.9 Å². The number of benzene rings is 1. The molecular formula is C9H7BrF3NO2S. The molecule has 0 amide bonds. The van der Waals surface area contributed by atoms with Crippen molar-refractivity contribution in [3.05, 3.63) is 28.5 Å². The first-order chi connectivity index (χ1) is 7.72. The molecule has 0 N–H and O–H groups in total. The Labute approximate surface area is 104 Å². The van der Waals surface area contributed by atoms with Gasteiger partial charge in [0.25, 0.3) is 5.92 Å². The average molecular weight is 330 g/mol. The van der Waals surface area contributed by atoms with Gasteiger partial charge < -0.3 is 0 Å². The van der Waals surface area contributed by atoms with E-state index in [1.807, 2.05) is 0 Å². The van der Waals surface area contributed by atoms with Crippen LogP contribution in [-0.4, -0.2) is 31.7 Å². The van der Waals surface area contributed by atoms with Crippen molar-refractivity contribution in [3.63, 3.8) is 0 Å². The van der Waals surface area contributed by atoms with Gasteiger partial charge in [-0.25, -0.2) is 21.6 Å². The van der Waals surface area contributed by atoms with Crippen LogP contribution in [0.25, 0.3) is 0 Å². The van der Waals surface area contributed by atoms with E-state index in [-0.39, 0.29) is 9.37 Å². The molecule has 0 bridgehead atoms. The molecule has 1 aliphatic heterocycles. The number of nitrogens with zero attached hydrogens (tertiary/aromatic N) is 1. The predicted octanol–water partition coefficient (Wildman–Crippen LogP) is 2.23. The number of hydrogen-bond donors (Lipinski definition) is 0. The minimum atomic E-state index is -3.96. The third-order valence-corrected chi connectivity index (χ3v) is 4.74. The van der Waals surface area contributed by atoms with Crippen molar-refractivity contribution in [2.45, 2.75) is 10.8 Å². The molecule has 8 heteroatoms. The summed E-state index contributed by atoms with van der Waals surface area (Å²) in [7, 11) is -3.96. The van der Waals surface area contributed by atoms with Gasteiger partial charge in [-0.1, -0.05) is 0 Å². The molecule has 17 heavy (non-hydrogen) atoms. The van der Waals surface area contributed by atoms with Crippen molar-refractivity contribution in [2.24, 2.45) is 0 Å². The van der Waals surface area contributed by atoms with Gasteiger partial charge in [0.1, 0.15) is 5.82 Å². The highest BCUT2D eigenvalue weighted by Crippen LogP contribution is 2.32. The van der Waals surface area contributed by atoms with Crippen molar-refractivity contribution < 1.29 is 21.6 Å². The molecular weight excluding hydrogens is 323 g/mol. The molecule has 0 atom stereocenters. The van der Waals surface area contributed by atoms with Gasteiger partial charge in [0.05, 0.1) is 22.5 Å². The van der Waals surface area contributed by atoms with E-state index in [9.17, 15) is 21.6 Å². The molecule has 0 aliphatic carbocycles. The molecule has 0 aromatic heterocycles. The molecule has 1 aromatic carbocycles. The Bertz CT molecular complexity index is 553.